The van der Waals surface area contributed by atoms with Gasteiger partial charge in [-0.2, -0.15) is 0 Å². The standard InChI is InChI=1S/C22H18ClF2N6O/c1-28(16-5-3-4-14(8-16)15-9-19(24)22(32-2)27-10-15)30-11-17-20(7-6-18(23)21(17)25)29-12-26-13-31(29)30/h3-10,12-13H,11H2,1-2H3/q+1. The molecule has 3 heterocycles. The van der Waals surface area contributed by atoms with Crippen molar-refractivity contribution in [3.63, 3.8) is 0 Å². The van der Waals surface area contributed by atoms with Crippen LogP contribution >= 0.6 is 11.6 Å². The van der Waals surface area contributed by atoms with Crippen LogP contribution in [0.1, 0.15) is 5.56 Å². The van der Waals surface area contributed by atoms with Gasteiger partial charge in [0.05, 0.1) is 23.4 Å². The van der Waals surface area contributed by atoms with E-state index < -0.39 is 11.6 Å². The van der Waals surface area contributed by atoms with Crippen molar-refractivity contribution in [2.24, 2.45) is 0 Å². The Bertz CT molecular complexity index is 1330. The van der Waals surface area contributed by atoms with E-state index in [1.54, 1.807) is 34.4 Å². The van der Waals surface area contributed by atoms with Gasteiger partial charge >= 0.3 is 0 Å². The molecule has 0 N–H and O–H groups in total. The smallest absolute Gasteiger partial charge is 0.250 e. The SMILES string of the molecule is COc1ncc(-c2cccc(N(C)N3Cc4c(ccc(Cl)c4F)-[n+]4cncn43)c2)cc1F. The first-order valence-corrected chi connectivity index (χ1v) is 10.1. The Morgan fingerprint density at radius 3 is 2.78 bits per heavy atom. The molecule has 4 aromatic rings. The molecule has 0 saturated heterocycles. The molecule has 0 amide bonds. The van der Waals surface area contributed by atoms with Gasteiger partial charge in [-0.25, -0.2) is 18.8 Å². The van der Waals surface area contributed by atoms with Crippen molar-refractivity contribution in [3.05, 3.63) is 83.5 Å². The Labute approximate surface area is 187 Å². The van der Waals surface area contributed by atoms with E-state index in [1.807, 2.05) is 41.4 Å². The lowest BCUT2D eigenvalue weighted by Gasteiger charge is -2.33. The first kappa shape index (κ1) is 20.2. The number of fused-ring (bicyclic) bond motifs is 3. The fraction of sp³-hybridized carbons (Fsp3) is 0.136. The number of hydrogen-bond acceptors (Lipinski definition) is 5. The molecule has 0 saturated carbocycles. The zero-order valence-corrected chi connectivity index (χ0v) is 18.0. The third-order valence-electron chi connectivity index (χ3n) is 5.42. The van der Waals surface area contributed by atoms with Crippen molar-refractivity contribution in [3.8, 4) is 22.7 Å². The second-order valence-electron chi connectivity index (χ2n) is 7.22. The Morgan fingerprint density at radius 1 is 1.16 bits per heavy atom. The van der Waals surface area contributed by atoms with Crippen LogP contribution in [0.3, 0.4) is 0 Å². The lowest BCUT2D eigenvalue weighted by atomic mass is 10.1. The predicted octanol–water partition coefficient (Wildman–Crippen LogP) is 3.67. The van der Waals surface area contributed by atoms with Gasteiger partial charge < -0.3 is 4.74 Å². The van der Waals surface area contributed by atoms with Crippen molar-refractivity contribution in [1.29, 1.82) is 0 Å². The summed E-state index contributed by atoms with van der Waals surface area (Å²) in [5.41, 5.74) is 3.30. The zero-order chi connectivity index (χ0) is 22.4. The van der Waals surface area contributed by atoms with Crippen molar-refractivity contribution in [1.82, 2.24) is 14.8 Å². The molecule has 0 unspecified atom stereocenters. The summed E-state index contributed by atoms with van der Waals surface area (Å²) in [4.78, 5) is 10.00. The van der Waals surface area contributed by atoms with Gasteiger partial charge in [0, 0.05) is 18.8 Å². The molecule has 32 heavy (non-hydrogen) atoms. The number of nitrogens with zero attached hydrogens (tertiary/aromatic N) is 6. The molecule has 2 aromatic heterocycles. The second-order valence-corrected chi connectivity index (χ2v) is 7.63. The molecule has 0 atom stereocenters. The van der Waals surface area contributed by atoms with Crippen LogP contribution in [0.15, 0.2) is 61.3 Å². The van der Waals surface area contributed by atoms with Gasteiger partial charge in [-0.05, 0) is 40.7 Å². The van der Waals surface area contributed by atoms with Crippen LogP contribution in [0, 0.1) is 11.6 Å². The number of aromatic nitrogens is 4. The summed E-state index contributed by atoms with van der Waals surface area (Å²) in [7, 11) is 3.22. The van der Waals surface area contributed by atoms with Crippen LogP contribution in [0.4, 0.5) is 14.5 Å². The maximum absolute atomic E-state index is 14.8. The van der Waals surface area contributed by atoms with E-state index in [0.717, 1.165) is 11.3 Å². The lowest BCUT2D eigenvalue weighted by molar-refractivity contribution is -0.690. The normalized spacial score (nSPS) is 12.3. The lowest BCUT2D eigenvalue weighted by Crippen LogP contribution is -2.61. The molecule has 2 aromatic carbocycles. The molecule has 10 heteroatoms. The molecule has 162 valence electrons. The van der Waals surface area contributed by atoms with E-state index in [4.69, 9.17) is 16.3 Å². The van der Waals surface area contributed by atoms with Crippen LogP contribution in [-0.4, -0.2) is 28.9 Å². The minimum Gasteiger partial charge on any atom is -0.479 e. The number of ether oxygens (including phenoxy) is 1. The Morgan fingerprint density at radius 2 is 2.00 bits per heavy atom. The van der Waals surface area contributed by atoms with Gasteiger partial charge in [0.25, 0.3) is 0 Å². The Balaban J connectivity index is 1.53. The van der Waals surface area contributed by atoms with Crippen molar-refractivity contribution < 1.29 is 18.2 Å². The molecule has 0 radical (unpaired) electrons. The molecule has 5 rings (SSSR count). The summed E-state index contributed by atoms with van der Waals surface area (Å²) in [6.07, 6.45) is 4.80. The monoisotopic (exact) mass is 455 g/mol. The number of rotatable bonds is 4. The maximum Gasteiger partial charge on any atom is 0.250 e. The molecular weight excluding hydrogens is 438 g/mol. The minimum atomic E-state index is -0.539. The van der Waals surface area contributed by atoms with E-state index in [2.05, 4.69) is 9.97 Å². The summed E-state index contributed by atoms with van der Waals surface area (Å²) >= 11 is 6.03. The zero-order valence-electron chi connectivity index (χ0n) is 17.2. The van der Waals surface area contributed by atoms with Gasteiger partial charge in [0.2, 0.25) is 18.5 Å². The third kappa shape index (κ3) is 3.21. The van der Waals surface area contributed by atoms with E-state index >= 15 is 0 Å². The van der Waals surface area contributed by atoms with Crippen molar-refractivity contribution in [2.45, 2.75) is 6.54 Å². The topological polar surface area (TPSA) is 50.3 Å². The highest BCUT2D eigenvalue weighted by atomic mass is 35.5. The molecular formula is C22H18ClF2N6O+. The minimum absolute atomic E-state index is 0.0562. The van der Waals surface area contributed by atoms with Gasteiger partial charge in [0.15, 0.2) is 11.6 Å². The van der Waals surface area contributed by atoms with Gasteiger partial charge in [0.1, 0.15) is 12.2 Å². The molecule has 7 nitrogen and oxygen atoms in total. The van der Waals surface area contributed by atoms with Crippen LogP contribution in [0.25, 0.3) is 16.8 Å². The number of benzene rings is 2. The molecule has 1 aliphatic rings. The number of hydrazine groups is 1. The quantitative estimate of drug-likeness (QED) is 0.439. The van der Waals surface area contributed by atoms with Crippen molar-refractivity contribution in [2.75, 3.05) is 24.3 Å². The molecule has 0 aliphatic carbocycles. The van der Waals surface area contributed by atoms with E-state index in [9.17, 15) is 8.78 Å². The highest BCUT2D eigenvalue weighted by Crippen LogP contribution is 2.29. The fourth-order valence-electron chi connectivity index (χ4n) is 3.76. The van der Waals surface area contributed by atoms with Gasteiger partial charge in [-0.1, -0.05) is 28.7 Å². The first-order chi connectivity index (χ1) is 15.5. The molecule has 1 aliphatic heterocycles. The van der Waals surface area contributed by atoms with Crippen LogP contribution in [0.5, 0.6) is 5.88 Å². The Hall–Kier alpha value is -3.72. The predicted molar refractivity (Wildman–Crippen MR) is 115 cm³/mol. The van der Waals surface area contributed by atoms with Crippen molar-refractivity contribution >= 4 is 17.3 Å². The number of halogens is 3. The number of methoxy groups -OCH3 is 1. The van der Waals surface area contributed by atoms with Gasteiger partial charge in [-0.3, -0.25) is 0 Å². The summed E-state index contributed by atoms with van der Waals surface area (Å²) in [5, 5.41) is 3.75. The molecule has 0 fully saturated rings. The third-order valence-corrected chi connectivity index (χ3v) is 5.71. The summed E-state index contributed by atoms with van der Waals surface area (Å²) in [6, 6.07) is 12.2. The maximum atomic E-state index is 14.8. The Kier molecular flexibility index (Phi) is 4.90. The summed E-state index contributed by atoms with van der Waals surface area (Å²) in [5.74, 6) is -1.06. The van der Waals surface area contributed by atoms with Crippen LogP contribution in [0.2, 0.25) is 5.02 Å². The van der Waals surface area contributed by atoms with E-state index in [-0.39, 0.29) is 17.4 Å². The fourth-order valence-corrected chi connectivity index (χ4v) is 3.94. The van der Waals surface area contributed by atoms with E-state index in [1.165, 1.54) is 19.2 Å². The molecule has 0 spiro atoms. The first-order valence-electron chi connectivity index (χ1n) is 9.71. The average Bonchev–Trinajstić information content (AvgIpc) is 3.31. The van der Waals surface area contributed by atoms with Crippen LogP contribution in [-0.2, 0) is 6.54 Å². The van der Waals surface area contributed by atoms with Crippen LogP contribution < -0.4 is 19.5 Å². The highest BCUT2D eigenvalue weighted by Gasteiger charge is 2.33. The van der Waals surface area contributed by atoms with Gasteiger partial charge in [-0.15, -0.1) is 9.80 Å². The highest BCUT2D eigenvalue weighted by molar-refractivity contribution is 6.30. The molecule has 0 bridgehead atoms. The van der Waals surface area contributed by atoms with E-state index in [0.29, 0.717) is 16.8 Å². The number of hydrogen-bond donors (Lipinski definition) is 0. The average molecular weight is 456 g/mol. The largest absolute Gasteiger partial charge is 0.479 e. The number of pyridine rings is 1. The summed E-state index contributed by atoms with van der Waals surface area (Å²) < 4.78 is 35.6. The number of anilines is 1. The second kappa shape index (κ2) is 7.76. The summed E-state index contributed by atoms with van der Waals surface area (Å²) in [6.45, 7) is 0.234.